The molecule has 0 bridgehead atoms. The van der Waals surface area contributed by atoms with Crippen molar-refractivity contribution in [2.75, 3.05) is 32.8 Å². The van der Waals surface area contributed by atoms with Gasteiger partial charge in [0.05, 0.1) is 5.92 Å². The number of hydrogen-bond acceptors (Lipinski definition) is 3. The van der Waals surface area contributed by atoms with Crippen molar-refractivity contribution in [3.63, 3.8) is 0 Å². The third kappa shape index (κ3) is 3.37. The molecule has 0 aromatic carbocycles. The Hall–Kier alpha value is -1.30. The second-order valence-electron chi connectivity index (χ2n) is 5.54. The summed E-state index contributed by atoms with van der Waals surface area (Å²) < 4.78 is 0. The Bertz CT molecular complexity index is 348. The fraction of sp³-hybridized carbons (Fsp3) is 0.846. The molecule has 0 aliphatic carbocycles. The largest absolute Gasteiger partial charge is 0.481 e. The second kappa shape index (κ2) is 6.23. The minimum Gasteiger partial charge on any atom is -0.481 e. The van der Waals surface area contributed by atoms with E-state index in [4.69, 9.17) is 5.11 Å². The van der Waals surface area contributed by atoms with Crippen LogP contribution in [0.1, 0.15) is 25.7 Å². The van der Waals surface area contributed by atoms with Gasteiger partial charge < -0.3 is 20.0 Å². The van der Waals surface area contributed by atoms with E-state index in [1.54, 1.807) is 9.80 Å². The Labute approximate surface area is 113 Å². The maximum absolute atomic E-state index is 12.4. The van der Waals surface area contributed by atoms with Crippen molar-refractivity contribution >= 4 is 12.0 Å². The van der Waals surface area contributed by atoms with Gasteiger partial charge in [-0.25, -0.2) is 4.79 Å². The molecular formula is C13H22N2O4. The molecule has 0 spiro atoms. The van der Waals surface area contributed by atoms with Gasteiger partial charge in [0.25, 0.3) is 0 Å². The van der Waals surface area contributed by atoms with Crippen LogP contribution < -0.4 is 0 Å². The molecule has 2 amide bonds. The summed E-state index contributed by atoms with van der Waals surface area (Å²) in [6, 6.07) is -0.0656. The number of piperidine rings is 2. The van der Waals surface area contributed by atoms with Crippen molar-refractivity contribution in [1.29, 1.82) is 0 Å². The fourth-order valence-electron chi connectivity index (χ4n) is 2.94. The summed E-state index contributed by atoms with van der Waals surface area (Å²) in [5.74, 6) is -1.08. The van der Waals surface area contributed by atoms with Gasteiger partial charge in [0.15, 0.2) is 0 Å². The molecule has 0 aromatic rings. The number of urea groups is 1. The molecule has 2 atom stereocenters. The number of aliphatic carboxylic acids is 1. The van der Waals surface area contributed by atoms with Crippen molar-refractivity contribution in [1.82, 2.24) is 9.80 Å². The summed E-state index contributed by atoms with van der Waals surface area (Å²) in [4.78, 5) is 26.8. The zero-order valence-electron chi connectivity index (χ0n) is 11.1. The number of aliphatic hydroxyl groups is 1. The summed E-state index contributed by atoms with van der Waals surface area (Å²) in [6.45, 7) is 2.37. The highest BCUT2D eigenvalue weighted by Crippen LogP contribution is 2.21. The van der Waals surface area contributed by atoms with Crippen LogP contribution in [0.3, 0.4) is 0 Å². The van der Waals surface area contributed by atoms with Gasteiger partial charge in [0, 0.05) is 32.8 Å². The fourth-order valence-corrected chi connectivity index (χ4v) is 2.94. The van der Waals surface area contributed by atoms with Crippen LogP contribution in [-0.2, 0) is 4.79 Å². The molecule has 6 nitrogen and oxygen atoms in total. The lowest BCUT2D eigenvalue weighted by Crippen LogP contribution is -2.51. The quantitative estimate of drug-likeness (QED) is 0.770. The molecule has 19 heavy (non-hydrogen) atoms. The van der Waals surface area contributed by atoms with E-state index in [1.807, 2.05) is 0 Å². The van der Waals surface area contributed by atoms with Crippen LogP contribution in [0.5, 0.6) is 0 Å². The van der Waals surface area contributed by atoms with E-state index < -0.39 is 11.9 Å². The monoisotopic (exact) mass is 270 g/mol. The molecule has 0 aromatic heterocycles. The molecule has 2 N–H and O–H groups in total. The lowest BCUT2D eigenvalue weighted by Gasteiger charge is -2.38. The van der Waals surface area contributed by atoms with Crippen LogP contribution in [0.15, 0.2) is 0 Å². The number of carbonyl (C=O) groups is 2. The molecule has 6 heteroatoms. The Kier molecular flexibility index (Phi) is 4.63. The van der Waals surface area contributed by atoms with Crippen molar-refractivity contribution in [2.24, 2.45) is 11.8 Å². The SMILES string of the molecule is O=C(O)C1CCCN(C(=O)N2CCCC(CO)C2)C1. The molecule has 2 aliphatic rings. The standard InChI is InChI=1S/C13H22N2O4/c16-9-10-3-1-5-14(7-10)13(19)15-6-2-4-11(8-15)12(17)18/h10-11,16H,1-9H2,(H,17,18). The molecule has 2 heterocycles. The first-order chi connectivity index (χ1) is 9.11. The average Bonchev–Trinajstić information content (AvgIpc) is 2.46. The molecule has 0 radical (unpaired) electrons. The van der Waals surface area contributed by atoms with Gasteiger partial charge in [0.1, 0.15) is 0 Å². The molecule has 0 saturated carbocycles. The maximum atomic E-state index is 12.4. The van der Waals surface area contributed by atoms with Crippen LogP contribution in [-0.4, -0.2) is 64.8 Å². The lowest BCUT2D eigenvalue weighted by atomic mass is 9.97. The van der Waals surface area contributed by atoms with E-state index in [0.717, 1.165) is 19.3 Å². The zero-order valence-corrected chi connectivity index (χ0v) is 11.1. The number of hydrogen-bond donors (Lipinski definition) is 2. The van der Waals surface area contributed by atoms with Crippen molar-refractivity contribution in [2.45, 2.75) is 25.7 Å². The summed E-state index contributed by atoms with van der Waals surface area (Å²) in [7, 11) is 0. The number of rotatable bonds is 2. The van der Waals surface area contributed by atoms with E-state index in [9.17, 15) is 14.7 Å². The van der Waals surface area contributed by atoms with Crippen LogP contribution in [0.2, 0.25) is 0 Å². The number of carboxylic acid groups (broad SMARTS) is 1. The smallest absolute Gasteiger partial charge is 0.320 e. The van der Waals surface area contributed by atoms with Gasteiger partial charge in [-0.2, -0.15) is 0 Å². The first-order valence-electron chi connectivity index (χ1n) is 6.99. The Balaban J connectivity index is 1.93. The highest BCUT2D eigenvalue weighted by atomic mass is 16.4. The van der Waals surface area contributed by atoms with Gasteiger partial charge in [-0.1, -0.05) is 0 Å². The van der Waals surface area contributed by atoms with E-state index in [0.29, 0.717) is 32.6 Å². The number of carbonyl (C=O) groups excluding carboxylic acids is 1. The van der Waals surface area contributed by atoms with Gasteiger partial charge in [-0.05, 0) is 31.6 Å². The molecule has 108 valence electrons. The minimum absolute atomic E-state index is 0.0656. The second-order valence-corrected chi connectivity index (χ2v) is 5.54. The van der Waals surface area contributed by atoms with E-state index in [2.05, 4.69) is 0 Å². The van der Waals surface area contributed by atoms with Crippen molar-refractivity contribution < 1.29 is 19.8 Å². The Morgan fingerprint density at radius 2 is 1.68 bits per heavy atom. The predicted octanol–water partition coefficient (Wildman–Crippen LogP) is 0.607. The molecule has 2 fully saturated rings. The number of aliphatic hydroxyl groups excluding tert-OH is 1. The van der Waals surface area contributed by atoms with E-state index in [-0.39, 0.29) is 18.6 Å². The Morgan fingerprint density at radius 1 is 1.05 bits per heavy atom. The van der Waals surface area contributed by atoms with Crippen LogP contribution in [0.4, 0.5) is 4.79 Å². The lowest BCUT2D eigenvalue weighted by molar-refractivity contribution is -0.143. The first kappa shape index (κ1) is 14.1. The number of nitrogens with zero attached hydrogens (tertiary/aromatic N) is 2. The van der Waals surface area contributed by atoms with E-state index >= 15 is 0 Å². The first-order valence-corrected chi connectivity index (χ1v) is 6.99. The van der Waals surface area contributed by atoms with Crippen LogP contribution >= 0.6 is 0 Å². The summed E-state index contributed by atoms with van der Waals surface area (Å²) >= 11 is 0. The highest BCUT2D eigenvalue weighted by molar-refractivity contribution is 5.76. The average molecular weight is 270 g/mol. The number of carboxylic acids is 1. The third-order valence-corrected chi connectivity index (χ3v) is 4.09. The summed E-state index contributed by atoms with van der Waals surface area (Å²) in [5, 5.41) is 18.2. The van der Waals surface area contributed by atoms with Crippen LogP contribution in [0.25, 0.3) is 0 Å². The predicted molar refractivity (Wildman–Crippen MR) is 68.7 cm³/mol. The third-order valence-electron chi connectivity index (χ3n) is 4.09. The molecule has 2 rings (SSSR count). The van der Waals surface area contributed by atoms with Crippen molar-refractivity contribution in [3.8, 4) is 0 Å². The molecular weight excluding hydrogens is 248 g/mol. The van der Waals surface area contributed by atoms with E-state index in [1.165, 1.54) is 0 Å². The maximum Gasteiger partial charge on any atom is 0.320 e. The summed E-state index contributed by atoms with van der Waals surface area (Å²) in [5.41, 5.74) is 0. The summed E-state index contributed by atoms with van der Waals surface area (Å²) in [6.07, 6.45) is 3.27. The zero-order chi connectivity index (χ0) is 13.8. The van der Waals surface area contributed by atoms with Gasteiger partial charge in [-0.3, -0.25) is 4.79 Å². The Morgan fingerprint density at radius 3 is 2.32 bits per heavy atom. The molecule has 2 saturated heterocycles. The van der Waals surface area contributed by atoms with Gasteiger partial charge in [-0.15, -0.1) is 0 Å². The topological polar surface area (TPSA) is 81.1 Å². The minimum atomic E-state index is -0.815. The van der Waals surface area contributed by atoms with Crippen molar-refractivity contribution in [3.05, 3.63) is 0 Å². The number of likely N-dealkylation sites (tertiary alicyclic amines) is 2. The molecule has 2 unspecified atom stereocenters. The molecule has 2 aliphatic heterocycles. The highest BCUT2D eigenvalue weighted by Gasteiger charge is 2.32. The van der Waals surface area contributed by atoms with Crippen LogP contribution in [0, 0.1) is 11.8 Å². The van der Waals surface area contributed by atoms with Gasteiger partial charge >= 0.3 is 12.0 Å². The number of amides is 2. The van der Waals surface area contributed by atoms with Gasteiger partial charge in [0.2, 0.25) is 0 Å². The normalized spacial score (nSPS) is 28.3.